The maximum Gasteiger partial charge on any atom is 0.304 e. The molecule has 0 radical (unpaired) electrons. The Morgan fingerprint density at radius 1 is 1.62 bits per heavy atom. The first-order valence-electron chi connectivity index (χ1n) is 5.53. The van der Waals surface area contributed by atoms with Crippen LogP contribution in [0.15, 0.2) is 16.7 Å². The van der Waals surface area contributed by atoms with Crippen molar-refractivity contribution in [2.45, 2.75) is 39.8 Å². The van der Waals surface area contributed by atoms with Crippen LogP contribution in [0.1, 0.15) is 31.6 Å². The fourth-order valence-corrected chi connectivity index (χ4v) is 1.71. The zero-order valence-corrected chi connectivity index (χ0v) is 10.1. The summed E-state index contributed by atoms with van der Waals surface area (Å²) in [5.74, 6) is 0.154. The predicted molar refractivity (Wildman–Crippen MR) is 61.2 cm³/mol. The third-order valence-corrected chi connectivity index (χ3v) is 2.81. The second kappa shape index (κ2) is 5.70. The van der Waals surface area contributed by atoms with Crippen molar-refractivity contribution in [2.24, 2.45) is 0 Å². The maximum atomic E-state index is 10.6. The molecule has 0 fully saturated rings. The van der Waals surface area contributed by atoms with Crippen LogP contribution in [0.5, 0.6) is 0 Å². The van der Waals surface area contributed by atoms with Crippen LogP contribution in [0.3, 0.4) is 0 Å². The van der Waals surface area contributed by atoms with Crippen LogP contribution in [0.4, 0.5) is 0 Å². The van der Waals surface area contributed by atoms with Gasteiger partial charge in [-0.3, -0.25) is 9.69 Å². The van der Waals surface area contributed by atoms with E-state index in [1.54, 1.807) is 6.26 Å². The van der Waals surface area contributed by atoms with Gasteiger partial charge in [0, 0.05) is 6.04 Å². The smallest absolute Gasteiger partial charge is 0.304 e. The Morgan fingerprint density at radius 3 is 2.75 bits per heavy atom. The third-order valence-electron chi connectivity index (χ3n) is 2.81. The highest BCUT2D eigenvalue weighted by Gasteiger charge is 2.17. The van der Waals surface area contributed by atoms with E-state index in [-0.39, 0.29) is 12.5 Å². The van der Waals surface area contributed by atoms with Gasteiger partial charge in [0.2, 0.25) is 0 Å². The monoisotopic (exact) mass is 225 g/mol. The first-order valence-corrected chi connectivity index (χ1v) is 5.53. The molecule has 4 nitrogen and oxygen atoms in total. The molecular formula is C12H19NO3. The number of hydrogen-bond acceptors (Lipinski definition) is 3. The first-order chi connectivity index (χ1) is 7.54. The highest BCUT2D eigenvalue weighted by molar-refractivity contribution is 5.67. The lowest BCUT2D eigenvalue weighted by molar-refractivity contribution is -0.138. The largest absolute Gasteiger partial charge is 0.481 e. The summed E-state index contributed by atoms with van der Waals surface area (Å²) < 4.78 is 5.36. The van der Waals surface area contributed by atoms with E-state index in [0.29, 0.717) is 6.54 Å². The molecule has 1 aromatic heterocycles. The van der Waals surface area contributed by atoms with Gasteiger partial charge in [-0.15, -0.1) is 0 Å². The fourth-order valence-electron chi connectivity index (χ4n) is 1.71. The van der Waals surface area contributed by atoms with Gasteiger partial charge in [0.15, 0.2) is 0 Å². The van der Waals surface area contributed by atoms with Crippen molar-refractivity contribution in [1.29, 1.82) is 0 Å². The van der Waals surface area contributed by atoms with Gasteiger partial charge in [-0.05, 0) is 32.0 Å². The van der Waals surface area contributed by atoms with E-state index in [1.807, 2.05) is 26.8 Å². The van der Waals surface area contributed by atoms with Gasteiger partial charge in [-0.25, -0.2) is 0 Å². The van der Waals surface area contributed by atoms with Gasteiger partial charge in [-0.2, -0.15) is 0 Å². The topological polar surface area (TPSA) is 53.7 Å². The van der Waals surface area contributed by atoms with Crippen LogP contribution in [0.2, 0.25) is 0 Å². The van der Waals surface area contributed by atoms with Crippen LogP contribution < -0.4 is 0 Å². The number of hydrogen-bond donors (Lipinski definition) is 1. The minimum atomic E-state index is -0.762. The number of furan rings is 1. The van der Waals surface area contributed by atoms with Gasteiger partial charge in [-0.1, -0.05) is 6.92 Å². The summed E-state index contributed by atoms with van der Waals surface area (Å²) in [6.07, 6.45) is 1.83. The number of nitrogens with zero attached hydrogens (tertiary/aromatic N) is 1. The molecule has 0 saturated carbocycles. The molecule has 0 aliphatic heterocycles. The molecule has 1 heterocycles. The lowest BCUT2D eigenvalue weighted by Crippen LogP contribution is -2.34. The van der Waals surface area contributed by atoms with E-state index in [9.17, 15) is 4.79 Å². The lowest BCUT2D eigenvalue weighted by atomic mass is 10.2. The van der Waals surface area contributed by atoms with E-state index < -0.39 is 5.97 Å². The number of carboxylic acids is 1. The zero-order valence-electron chi connectivity index (χ0n) is 10.1. The molecule has 1 rings (SSSR count). The van der Waals surface area contributed by atoms with Crippen molar-refractivity contribution < 1.29 is 14.3 Å². The molecule has 4 heteroatoms. The lowest BCUT2D eigenvalue weighted by Gasteiger charge is -2.25. The number of aliphatic carboxylic acids is 1. The fraction of sp³-hybridized carbons (Fsp3) is 0.583. The molecule has 0 aliphatic rings. The summed E-state index contributed by atoms with van der Waals surface area (Å²) >= 11 is 0. The highest BCUT2D eigenvalue weighted by Crippen LogP contribution is 2.14. The van der Waals surface area contributed by atoms with Crippen molar-refractivity contribution in [2.75, 3.05) is 6.54 Å². The molecule has 1 N–H and O–H groups in total. The van der Waals surface area contributed by atoms with E-state index in [4.69, 9.17) is 9.52 Å². The predicted octanol–water partition coefficient (Wildman–Crippen LogP) is 2.27. The van der Waals surface area contributed by atoms with Crippen molar-refractivity contribution in [3.05, 3.63) is 23.7 Å². The van der Waals surface area contributed by atoms with Crippen LogP contribution in [-0.2, 0) is 11.3 Å². The molecule has 1 aromatic rings. The average molecular weight is 225 g/mol. The molecule has 1 unspecified atom stereocenters. The summed E-state index contributed by atoms with van der Waals surface area (Å²) in [6.45, 7) is 7.43. The maximum absolute atomic E-state index is 10.6. The van der Waals surface area contributed by atoms with Gasteiger partial charge in [0.25, 0.3) is 0 Å². The summed E-state index contributed by atoms with van der Waals surface area (Å²) in [5.41, 5.74) is 1.11. The Morgan fingerprint density at radius 2 is 2.31 bits per heavy atom. The second-order valence-corrected chi connectivity index (χ2v) is 4.04. The van der Waals surface area contributed by atoms with Gasteiger partial charge in [0.1, 0.15) is 5.76 Å². The average Bonchev–Trinajstić information content (AvgIpc) is 2.59. The molecule has 0 aliphatic carbocycles. The van der Waals surface area contributed by atoms with Crippen LogP contribution in [0, 0.1) is 6.92 Å². The Hall–Kier alpha value is -1.29. The number of rotatable bonds is 6. The summed E-state index contributed by atoms with van der Waals surface area (Å²) in [4.78, 5) is 12.7. The first kappa shape index (κ1) is 12.8. The summed E-state index contributed by atoms with van der Waals surface area (Å²) in [6, 6.07) is 1.94. The molecule has 0 spiro atoms. The van der Waals surface area contributed by atoms with Crippen molar-refractivity contribution in [3.63, 3.8) is 0 Å². The van der Waals surface area contributed by atoms with E-state index in [1.165, 1.54) is 0 Å². The highest BCUT2D eigenvalue weighted by atomic mass is 16.4. The van der Waals surface area contributed by atoms with Crippen LogP contribution in [-0.4, -0.2) is 28.6 Å². The Bertz CT molecular complexity index is 346. The Labute approximate surface area is 95.9 Å². The molecule has 90 valence electrons. The van der Waals surface area contributed by atoms with Crippen LogP contribution >= 0.6 is 0 Å². The quantitative estimate of drug-likeness (QED) is 0.807. The van der Waals surface area contributed by atoms with Gasteiger partial charge in [0.05, 0.1) is 19.2 Å². The molecule has 1 atom stereocenters. The van der Waals surface area contributed by atoms with E-state index in [2.05, 4.69) is 4.90 Å². The summed E-state index contributed by atoms with van der Waals surface area (Å²) in [5, 5.41) is 8.76. The third kappa shape index (κ3) is 3.38. The van der Waals surface area contributed by atoms with E-state index >= 15 is 0 Å². The molecule has 0 saturated heterocycles. The molecule has 16 heavy (non-hydrogen) atoms. The molecular weight excluding hydrogens is 206 g/mol. The standard InChI is InChI=1S/C12H19NO3/c1-4-13(10(3)7-12(14)15)8-11-9(2)5-6-16-11/h5-6,10H,4,7-8H2,1-3H3,(H,14,15). The van der Waals surface area contributed by atoms with Crippen LogP contribution in [0.25, 0.3) is 0 Å². The van der Waals surface area contributed by atoms with Gasteiger partial charge >= 0.3 is 5.97 Å². The Balaban J connectivity index is 2.61. The number of carboxylic acid groups (broad SMARTS) is 1. The van der Waals surface area contributed by atoms with E-state index in [0.717, 1.165) is 17.9 Å². The van der Waals surface area contributed by atoms with Crippen molar-refractivity contribution in [1.82, 2.24) is 4.90 Å². The van der Waals surface area contributed by atoms with Gasteiger partial charge < -0.3 is 9.52 Å². The number of carbonyl (C=O) groups is 1. The summed E-state index contributed by atoms with van der Waals surface area (Å²) in [7, 11) is 0. The second-order valence-electron chi connectivity index (χ2n) is 4.04. The van der Waals surface area contributed by atoms with Crippen molar-refractivity contribution in [3.8, 4) is 0 Å². The normalized spacial score (nSPS) is 13.0. The Kier molecular flexibility index (Phi) is 4.55. The molecule has 0 amide bonds. The minimum absolute atomic E-state index is 0.0204. The SMILES string of the molecule is CCN(Cc1occc1C)C(C)CC(=O)O. The zero-order chi connectivity index (χ0) is 12.1. The van der Waals surface area contributed by atoms with Crippen molar-refractivity contribution >= 4 is 5.97 Å². The minimum Gasteiger partial charge on any atom is -0.481 e. The molecule has 0 aromatic carbocycles. The molecule has 0 bridgehead atoms. The number of aryl methyl sites for hydroxylation is 1.